The van der Waals surface area contributed by atoms with E-state index in [0.29, 0.717) is 22.8 Å². The van der Waals surface area contributed by atoms with Crippen LogP contribution in [0.15, 0.2) is 42.5 Å². The summed E-state index contributed by atoms with van der Waals surface area (Å²) in [4.78, 5) is 28.3. The van der Waals surface area contributed by atoms with Crippen LogP contribution < -0.4 is 19.5 Å². The van der Waals surface area contributed by atoms with Gasteiger partial charge in [-0.1, -0.05) is 37.5 Å². The van der Waals surface area contributed by atoms with Gasteiger partial charge in [-0.3, -0.25) is 9.59 Å². The molecule has 0 spiro atoms. The third-order valence-corrected chi connectivity index (χ3v) is 6.39. The molecule has 34 heavy (non-hydrogen) atoms. The molecule has 184 valence electrons. The molecule has 3 rings (SSSR count). The topological polar surface area (TPSA) is 77.1 Å². The first-order valence-corrected chi connectivity index (χ1v) is 12.0. The maximum Gasteiger partial charge on any atom is 0.247 e. The Morgan fingerprint density at radius 3 is 2.38 bits per heavy atom. The number of nitrogens with zero attached hydrogens (tertiary/aromatic N) is 1. The summed E-state index contributed by atoms with van der Waals surface area (Å²) in [5.74, 6) is 0.870. The zero-order chi connectivity index (χ0) is 24.5. The van der Waals surface area contributed by atoms with Gasteiger partial charge in [0.2, 0.25) is 11.8 Å². The molecule has 2 amide bonds. The highest BCUT2D eigenvalue weighted by atomic mass is 35.5. The van der Waals surface area contributed by atoms with Crippen LogP contribution in [-0.2, 0) is 16.1 Å². The molecule has 1 saturated carbocycles. The molecule has 7 nitrogen and oxygen atoms in total. The lowest BCUT2D eigenvalue weighted by Crippen LogP contribution is -2.47. The zero-order valence-electron chi connectivity index (χ0n) is 20.0. The Hall–Kier alpha value is -2.93. The summed E-state index contributed by atoms with van der Waals surface area (Å²) in [6.45, 7) is 0.194. The van der Waals surface area contributed by atoms with E-state index in [1.54, 1.807) is 32.4 Å². The third-order valence-electron chi connectivity index (χ3n) is 6.16. The molecule has 1 N–H and O–H groups in total. The van der Waals surface area contributed by atoms with Crippen LogP contribution in [0.1, 0.15) is 49.3 Å². The van der Waals surface area contributed by atoms with Crippen LogP contribution in [0.2, 0.25) is 0 Å². The second-order valence-corrected chi connectivity index (χ2v) is 8.63. The summed E-state index contributed by atoms with van der Waals surface area (Å²) < 4.78 is 16.2. The number of nitrogens with one attached hydrogen (secondary N) is 1. The summed E-state index contributed by atoms with van der Waals surface area (Å²) in [5, 5.41) is 3.18. The Morgan fingerprint density at radius 2 is 1.74 bits per heavy atom. The minimum Gasteiger partial charge on any atom is -0.497 e. The van der Waals surface area contributed by atoms with Crippen molar-refractivity contribution in [1.82, 2.24) is 10.2 Å². The molecule has 1 aliphatic carbocycles. The van der Waals surface area contributed by atoms with Crippen molar-refractivity contribution < 1.29 is 23.8 Å². The number of amides is 2. The number of halogens is 1. The number of hydrogen-bond acceptors (Lipinski definition) is 5. The standard InChI is InChI=1S/C26H33ClN2O5/c1-32-21-11-7-8-18(14-21)17-29(24(30)16-27)25(26(31)28-20-9-5-4-6-10-20)19-12-13-22(33-2)23(15-19)34-3/h7-8,11-15,20,25H,4-6,9-10,16-17H2,1-3H3,(H,28,31)/t25-/m0/s1. The van der Waals surface area contributed by atoms with Crippen molar-refractivity contribution in [3.05, 3.63) is 53.6 Å². The number of alkyl halides is 1. The monoisotopic (exact) mass is 488 g/mol. The Morgan fingerprint density at radius 1 is 1.00 bits per heavy atom. The first kappa shape index (κ1) is 25.7. The summed E-state index contributed by atoms with van der Waals surface area (Å²) in [5.41, 5.74) is 1.45. The predicted molar refractivity (Wildman–Crippen MR) is 132 cm³/mol. The van der Waals surface area contributed by atoms with Gasteiger partial charge < -0.3 is 24.4 Å². The average Bonchev–Trinajstić information content (AvgIpc) is 2.88. The van der Waals surface area contributed by atoms with E-state index in [0.717, 1.165) is 31.2 Å². The normalized spacial score (nSPS) is 14.7. The molecule has 2 aromatic carbocycles. The molecule has 0 aromatic heterocycles. The number of benzene rings is 2. The van der Waals surface area contributed by atoms with Crippen molar-refractivity contribution in [2.45, 2.75) is 50.7 Å². The van der Waals surface area contributed by atoms with Gasteiger partial charge in [-0.25, -0.2) is 0 Å². The number of ether oxygens (including phenoxy) is 3. The molecule has 0 unspecified atom stereocenters. The number of carbonyl (C=O) groups is 2. The van der Waals surface area contributed by atoms with Gasteiger partial charge in [0.1, 0.15) is 17.7 Å². The molecular weight excluding hydrogens is 456 g/mol. The highest BCUT2D eigenvalue weighted by Gasteiger charge is 2.33. The van der Waals surface area contributed by atoms with Gasteiger partial charge in [0.05, 0.1) is 21.3 Å². The number of rotatable bonds is 10. The first-order chi connectivity index (χ1) is 16.5. The van der Waals surface area contributed by atoms with Crippen LogP contribution in [0.3, 0.4) is 0 Å². The number of hydrogen-bond donors (Lipinski definition) is 1. The second kappa shape index (κ2) is 12.5. The van der Waals surface area contributed by atoms with E-state index in [-0.39, 0.29) is 30.3 Å². The van der Waals surface area contributed by atoms with Gasteiger partial charge in [-0.05, 0) is 48.2 Å². The van der Waals surface area contributed by atoms with E-state index >= 15 is 0 Å². The van der Waals surface area contributed by atoms with Crippen LogP contribution in [0, 0.1) is 0 Å². The molecule has 0 heterocycles. The van der Waals surface area contributed by atoms with E-state index in [4.69, 9.17) is 25.8 Å². The van der Waals surface area contributed by atoms with Gasteiger partial charge in [0.25, 0.3) is 0 Å². The zero-order valence-corrected chi connectivity index (χ0v) is 20.8. The number of methoxy groups -OCH3 is 3. The van der Waals surface area contributed by atoms with Crippen molar-refractivity contribution >= 4 is 23.4 Å². The maximum absolute atomic E-state index is 13.7. The van der Waals surface area contributed by atoms with Crippen molar-refractivity contribution in [3.63, 3.8) is 0 Å². The maximum atomic E-state index is 13.7. The van der Waals surface area contributed by atoms with E-state index < -0.39 is 6.04 Å². The molecule has 0 radical (unpaired) electrons. The fourth-order valence-electron chi connectivity index (χ4n) is 4.39. The molecule has 0 saturated heterocycles. The molecule has 0 bridgehead atoms. The minimum atomic E-state index is -0.890. The average molecular weight is 489 g/mol. The van der Waals surface area contributed by atoms with Crippen LogP contribution in [-0.4, -0.2) is 50.0 Å². The molecule has 1 aliphatic rings. The SMILES string of the molecule is COc1cccc(CN(C(=O)CCl)[C@H](C(=O)NC2CCCCC2)c2ccc(OC)c(OC)c2)c1. The molecule has 8 heteroatoms. The lowest BCUT2D eigenvalue weighted by molar-refractivity contribution is -0.140. The van der Waals surface area contributed by atoms with Gasteiger partial charge >= 0.3 is 0 Å². The van der Waals surface area contributed by atoms with E-state index in [2.05, 4.69) is 5.32 Å². The van der Waals surface area contributed by atoms with Crippen molar-refractivity contribution in [2.24, 2.45) is 0 Å². The summed E-state index contributed by atoms with van der Waals surface area (Å²) in [6.07, 6.45) is 5.21. The third kappa shape index (κ3) is 6.35. The highest BCUT2D eigenvalue weighted by molar-refractivity contribution is 6.27. The molecule has 1 atom stereocenters. The van der Waals surface area contributed by atoms with E-state index in [9.17, 15) is 9.59 Å². The molecule has 2 aromatic rings. The largest absolute Gasteiger partial charge is 0.497 e. The fourth-order valence-corrected chi connectivity index (χ4v) is 4.54. The Balaban J connectivity index is 2.02. The van der Waals surface area contributed by atoms with Gasteiger partial charge in [0, 0.05) is 12.6 Å². The van der Waals surface area contributed by atoms with Crippen molar-refractivity contribution in [3.8, 4) is 17.2 Å². The summed E-state index contributed by atoms with van der Waals surface area (Å²) in [6, 6.07) is 11.9. The minimum absolute atomic E-state index is 0.0914. The molecule has 0 aliphatic heterocycles. The van der Waals surface area contributed by atoms with Crippen molar-refractivity contribution in [2.75, 3.05) is 27.2 Å². The van der Waals surface area contributed by atoms with Gasteiger partial charge in [0.15, 0.2) is 11.5 Å². The van der Waals surface area contributed by atoms with E-state index in [1.807, 2.05) is 24.3 Å². The first-order valence-electron chi connectivity index (χ1n) is 11.5. The van der Waals surface area contributed by atoms with Crippen molar-refractivity contribution in [1.29, 1.82) is 0 Å². The summed E-state index contributed by atoms with van der Waals surface area (Å²) in [7, 11) is 4.68. The van der Waals surface area contributed by atoms with Crippen LogP contribution in [0.25, 0.3) is 0 Å². The second-order valence-electron chi connectivity index (χ2n) is 8.37. The fraction of sp³-hybridized carbons (Fsp3) is 0.462. The predicted octanol–water partition coefficient (Wildman–Crippen LogP) is 4.47. The van der Waals surface area contributed by atoms with Crippen LogP contribution >= 0.6 is 11.6 Å². The quantitative estimate of drug-likeness (QED) is 0.499. The highest BCUT2D eigenvalue weighted by Crippen LogP contribution is 2.33. The molecule has 1 fully saturated rings. The Labute approximate surface area is 206 Å². The Kier molecular flexibility index (Phi) is 9.45. The van der Waals surface area contributed by atoms with Crippen LogP contribution in [0.4, 0.5) is 0 Å². The summed E-state index contributed by atoms with van der Waals surface area (Å²) >= 11 is 6.01. The van der Waals surface area contributed by atoms with E-state index in [1.165, 1.54) is 18.4 Å². The molecular formula is C26H33ClN2O5. The lowest BCUT2D eigenvalue weighted by atomic mass is 9.94. The Bertz CT molecular complexity index is 977. The van der Waals surface area contributed by atoms with Crippen LogP contribution in [0.5, 0.6) is 17.2 Å². The van der Waals surface area contributed by atoms with Gasteiger partial charge in [-0.15, -0.1) is 11.6 Å². The van der Waals surface area contributed by atoms with Gasteiger partial charge in [-0.2, -0.15) is 0 Å². The lowest BCUT2D eigenvalue weighted by Gasteiger charge is -2.33. The smallest absolute Gasteiger partial charge is 0.247 e. The number of carbonyl (C=O) groups excluding carboxylic acids is 2.